The molecule has 0 radical (unpaired) electrons. The summed E-state index contributed by atoms with van der Waals surface area (Å²) < 4.78 is 0. The van der Waals surface area contributed by atoms with Crippen molar-refractivity contribution in [2.75, 3.05) is 5.73 Å². The minimum atomic E-state index is 0.0658. The summed E-state index contributed by atoms with van der Waals surface area (Å²) in [5, 5.41) is 0. The zero-order chi connectivity index (χ0) is 9.47. The highest BCUT2D eigenvalue weighted by Crippen LogP contribution is 2.36. The van der Waals surface area contributed by atoms with E-state index in [-0.39, 0.29) is 5.54 Å². The van der Waals surface area contributed by atoms with Gasteiger partial charge in [0, 0.05) is 16.1 Å². The van der Waals surface area contributed by atoms with Crippen LogP contribution < -0.4 is 11.5 Å². The van der Waals surface area contributed by atoms with E-state index in [0.29, 0.717) is 0 Å². The smallest absolute Gasteiger partial charge is 0.0449 e. The van der Waals surface area contributed by atoms with E-state index >= 15 is 0 Å². The Balaban J connectivity index is 2.17. The van der Waals surface area contributed by atoms with Crippen LogP contribution in [0.15, 0.2) is 23.1 Å². The number of nitrogen functional groups attached to an aromatic ring is 1. The van der Waals surface area contributed by atoms with Crippen LogP contribution in [0.5, 0.6) is 0 Å². The Morgan fingerprint density at radius 1 is 1.38 bits per heavy atom. The molecule has 13 heavy (non-hydrogen) atoms. The standard InChI is InChI=1S/C10H14N2S/c11-8-2-1-7(5-9(8)13)6-10(12)3-4-10/h1-2,5,13H,3-4,6,11-12H2. The monoisotopic (exact) mass is 194 g/mol. The summed E-state index contributed by atoms with van der Waals surface area (Å²) in [6.45, 7) is 0. The number of benzene rings is 1. The zero-order valence-electron chi connectivity index (χ0n) is 7.46. The number of nitrogens with two attached hydrogens (primary N) is 2. The van der Waals surface area contributed by atoms with Gasteiger partial charge in [-0.15, -0.1) is 12.6 Å². The third-order valence-electron chi connectivity index (χ3n) is 2.54. The van der Waals surface area contributed by atoms with Crippen LogP contribution in [0.3, 0.4) is 0 Å². The maximum absolute atomic E-state index is 6.01. The van der Waals surface area contributed by atoms with Crippen LogP contribution in [0.1, 0.15) is 18.4 Å². The molecule has 0 unspecified atom stereocenters. The van der Waals surface area contributed by atoms with Crippen LogP contribution in [0, 0.1) is 0 Å². The molecule has 4 N–H and O–H groups in total. The largest absolute Gasteiger partial charge is 0.398 e. The first-order valence-electron chi connectivity index (χ1n) is 4.45. The molecular weight excluding hydrogens is 180 g/mol. The predicted octanol–water partition coefficient (Wildman–Crippen LogP) is 1.59. The van der Waals surface area contributed by atoms with E-state index in [1.54, 1.807) is 0 Å². The molecule has 0 saturated heterocycles. The van der Waals surface area contributed by atoms with Gasteiger partial charge in [-0.3, -0.25) is 0 Å². The molecule has 1 aromatic rings. The number of rotatable bonds is 2. The van der Waals surface area contributed by atoms with Crippen molar-refractivity contribution in [1.29, 1.82) is 0 Å². The number of hydrogen-bond acceptors (Lipinski definition) is 3. The lowest BCUT2D eigenvalue weighted by Gasteiger charge is -2.09. The second-order valence-electron chi connectivity index (χ2n) is 3.93. The highest BCUT2D eigenvalue weighted by atomic mass is 32.1. The zero-order valence-corrected chi connectivity index (χ0v) is 8.35. The topological polar surface area (TPSA) is 52.0 Å². The third-order valence-corrected chi connectivity index (χ3v) is 2.93. The van der Waals surface area contributed by atoms with Gasteiger partial charge in [0.25, 0.3) is 0 Å². The first-order chi connectivity index (χ1) is 6.09. The second kappa shape index (κ2) is 2.93. The molecule has 0 amide bonds. The van der Waals surface area contributed by atoms with Crippen molar-refractivity contribution < 1.29 is 0 Å². The molecule has 1 aromatic carbocycles. The van der Waals surface area contributed by atoms with E-state index in [0.717, 1.165) is 29.8 Å². The summed E-state index contributed by atoms with van der Waals surface area (Å²) in [6.07, 6.45) is 3.22. The Bertz CT molecular complexity index is 332. The lowest BCUT2D eigenvalue weighted by molar-refractivity contribution is 0.671. The van der Waals surface area contributed by atoms with Gasteiger partial charge in [0.1, 0.15) is 0 Å². The minimum absolute atomic E-state index is 0.0658. The van der Waals surface area contributed by atoms with Gasteiger partial charge in [0.2, 0.25) is 0 Å². The summed E-state index contributed by atoms with van der Waals surface area (Å²) in [4.78, 5) is 0.849. The van der Waals surface area contributed by atoms with Gasteiger partial charge in [0.15, 0.2) is 0 Å². The molecule has 1 aliphatic carbocycles. The van der Waals surface area contributed by atoms with Gasteiger partial charge in [-0.2, -0.15) is 0 Å². The summed E-state index contributed by atoms with van der Waals surface area (Å²) >= 11 is 4.27. The molecule has 0 bridgehead atoms. The Morgan fingerprint density at radius 3 is 2.62 bits per heavy atom. The molecule has 1 saturated carbocycles. The lowest BCUT2D eigenvalue weighted by Crippen LogP contribution is -2.24. The Labute approximate surface area is 83.7 Å². The van der Waals surface area contributed by atoms with E-state index in [2.05, 4.69) is 12.6 Å². The molecular formula is C10H14N2S. The Kier molecular flexibility index (Phi) is 2.00. The fourth-order valence-electron chi connectivity index (χ4n) is 1.44. The number of hydrogen-bond donors (Lipinski definition) is 3. The summed E-state index contributed by atoms with van der Waals surface area (Å²) in [7, 11) is 0. The Morgan fingerprint density at radius 2 is 2.08 bits per heavy atom. The highest BCUT2D eigenvalue weighted by Gasteiger charge is 2.37. The van der Waals surface area contributed by atoms with Crippen molar-refractivity contribution in [2.45, 2.75) is 29.7 Å². The van der Waals surface area contributed by atoms with Crippen LogP contribution in [0.25, 0.3) is 0 Å². The van der Waals surface area contributed by atoms with Crippen molar-refractivity contribution in [3.63, 3.8) is 0 Å². The first kappa shape index (κ1) is 8.91. The molecule has 0 spiro atoms. The molecule has 2 nitrogen and oxygen atoms in total. The van der Waals surface area contributed by atoms with E-state index in [1.165, 1.54) is 5.56 Å². The van der Waals surface area contributed by atoms with E-state index in [1.807, 2.05) is 18.2 Å². The fourth-order valence-corrected chi connectivity index (χ4v) is 1.68. The lowest BCUT2D eigenvalue weighted by atomic mass is 10.0. The fraction of sp³-hybridized carbons (Fsp3) is 0.400. The van der Waals surface area contributed by atoms with Gasteiger partial charge >= 0.3 is 0 Å². The van der Waals surface area contributed by atoms with Crippen molar-refractivity contribution in [3.05, 3.63) is 23.8 Å². The van der Waals surface area contributed by atoms with Crippen LogP contribution in [0.2, 0.25) is 0 Å². The molecule has 0 heterocycles. The Hall–Kier alpha value is -0.670. The molecule has 0 atom stereocenters. The van der Waals surface area contributed by atoms with Gasteiger partial charge in [0.05, 0.1) is 0 Å². The molecule has 1 aliphatic rings. The first-order valence-corrected chi connectivity index (χ1v) is 4.90. The van der Waals surface area contributed by atoms with Crippen molar-refractivity contribution in [3.8, 4) is 0 Å². The summed E-state index contributed by atoms with van der Waals surface area (Å²) in [6, 6.07) is 5.93. The van der Waals surface area contributed by atoms with Gasteiger partial charge in [-0.05, 0) is 37.0 Å². The molecule has 1 fully saturated rings. The molecule has 70 valence electrons. The van der Waals surface area contributed by atoms with Crippen molar-refractivity contribution >= 4 is 18.3 Å². The normalized spacial score (nSPS) is 18.6. The number of anilines is 1. The maximum atomic E-state index is 6.01. The summed E-state index contributed by atoms with van der Waals surface area (Å²) in [5.41, 5.74) is 13.7. The van der Waals surface area contributed by atoms with Gasteiger partial charge in [-0.25, -0.2) is 0 Å². The molecule has 2 rings (SSSR count). The average Bonchev–Trinajstić information content (AvgIpc) is 2.76. The van der Waals surface area contributed by atoms with E-state index in [9.17, 15) is 0 Å². The van der Waals surface area contributed by atoms with Gasteiger partial charge in [-0.1, -0.05) is 6.07 Å². The van der Waals surface area contributed by atoms with Crippen LogP contribution >= 0.6 is 12.6 Å². The summed E-state index contributed by atoms with van der Waals surface area (Å²) in [5.74, 6) is 0. The van der Waals surface area contributed by atoms with Gasteiger partial charge < -0.3 is 11.5 Å². The van der Waals surface area contributed by atoms with Crippen molar-refractivity contribution in [1.82, 2.24) is 0 Å². The number of thiol groups is 1. The SMILES string of the molecule is Nc1ccc(CC2(N)CC2)cc1S. The van der Waals surface area contributed by atoms with Crippen LogP contribution in [0.4, 0.5) is 5.69 Å². The molecule has 0 aromatic heterocycles. The van der Waals surface area contributed by atoms with E-state index in [4.69, 9.17) is 11.5 Å². The van der Waals surface area contributed by atoms with E-state index < -0.39 is 0 Å². The average molecular weight is 194 g/mol. The van der Waals surface area contributed by atoms with Crippen molar-refractivity contribution in [2.24, 2.45) is 5.73 Å². The minimum Gasteiger partial charge on any atom is -0.398 e. The maximum Gasteiger partial charge on any atom is 0.0449 e. The van der Waals surface area contributed by atoms with Crippen LogP contribution in [-0.4, -0.2) is 5.54 Å². The quantitative estimate of drug-likeness (QED) is 0.494. The predicted molar refractivity (Wildman–Crippen MR) is 58.0 cm³/mol. The molecule has 0 aliphatic heterocycles. The highest BCUT2D eigenvalue weighted by molar-refractivity contribution is 7.80. The third kappa shape index (κ3) is 1.98. The second-order valence-corrected chi connectivity index (χ2v) is 4.41. The van der Waals surface area contributed by atoms with Crippen LogP contribution in [-0.2, 0) is 6.42 Å². The molecule has 3 heteroatoms.